The van der Waals surface area contributed by atoms with Crippen LogP contribution >= 0.6 is 19.4 Å². The van der Waals surface area contributed by atoms with Gasteiger partial charge in [0.15, 0.2) is 18.0 Å². The average molecular weight is 642 g/mol. The molecule has 10 nitrogen and oxygen atoms in total. The number of carbonyl (C=O) groups excluding carboxylic acids is 5. The van der Waals surface area contributed by atoms with Crippen molar-refractivity contribution >= 4 is 60.3 Å². The van der Waals surface area contributed by atoms with Crippen LogP contribution in [-0.2, 0) is 30.2 Å². The molecule has 5 amide bonds. The Balaban J connectivity index is 1.61. The predicted octanol–water partition coefficient (Wildman–Crippen LogP) is 5.72. The first-order valence-electron chi connectivity index (χ1n) is 14.7. The number of rotatable bonds is 13. The molecule has 2 aromatic carbocycles. The van der Waals surface area contributed by atoms with Crippen molar-refractivity contribution in [3.63, 3.8) is 0 Å². The number of halogens is 1. The van der Waals surface area contributed by atoms with E-state index in [1.54, 1.807) is 26.8 Å². The number of anilines is 2. The summed E-state index contributed by atoms with van der Waals surface area (Å²) in [6.07, 6.45) is 2.97. The van der Waals surface area contributed by atoms with E-state index in [-0.39, 0.29) is 22.8 Å². The normalized spacial score (nSPS) is 18.5. The molecule has 2 fully saturated rings. The number of imide groups is 1. The molecule has 1 saturated carbocycles. The Labute approximate surface area is 263 Å². The fourth-order valence-corrected chi connectivity index (χ4v) is 6.96. The maximum atomic E-state index is 14.2. The van der Waals surface area contributed by atoms with E-state index in [1.807, 2.05) is 37.3 Å². The van der Waals surface area contributed by atoms with Crippen LogP contribution in [0.25, 0.3) is 0 Å². The molecular weight excluding hydrogens is 603 g/mol. The Morgan fingerprint density at radius 2 is 1.68 bits per heavy atom. The van der Waals surface area contributed by atoms with Crippen LogP contribution in [-0.4, -0.2) is 70.3 Å². The number of hydrogen-bond donors (Lipinski definition) is 2. The van der Waals surface area contributed by atoms with Gasteiger partial charge in [-0.2, -0.15) is 0 Å². The number of nitrogens with one attached hydrogen (secondary N) is 2. The molecule has 3 unspecified atom stereocenters. The van der Waals surface area contributed by atoms with Crippen molar-refractivity contribution in [2.24, 2.45) is 11.3 Å². The summed E-state index contributed by atoms with van der Waals surface area (Å²) in [7, 11) is -0.0341. The molecule has 0 aromatic heterocycles. The summed E-state index contributed by atoms with van der Waals surface area (Å²) >= 11 is 6.42. The zero-order valence-corrected chi connectivity index (χ0v) is 27.3. The summed E-state index contributed by atoms with van der Waals surface area (Å²) in [6, 6.07) is 11.4. The lowest BCUT2D eigenvalue weighted by atomic mass is 9.87. The summed E-state index contributed by atoms with van der Waals surface area (Å²) in [5.41, 5.74) is -0.826. The van der Waals surface area contributed by atoms with Gasteiger partial charge in [-0.15, -0.1) is 0 Å². The second-order valence-corrected chi connectivity index (χ2v) is 14.4. The molecule has 2 aromatic rings. The fraction of sp³-hybridized carbons (Fsp3) is 0.469. The van der Waals surface area contributed by atoms with Gasteiger partial charge in [-0.1, -0.05) is 53.4 Å². The SMILES string of the molecule is CCC[P+](=O)CC(C)C(=O)Nc1ccc(Cl)c(NC(=O)C(C(=O)C2(Cc3ccccc3)CC2)N2C(=O)N(C)C(C)(C)C2=O)c1. The Morgan fingerprint density at radius 3 is 2.25 bits per heavy atom. The molecule has 0 bridgehead atoms. The number of benzene rings is 2. The quantitative estimate of drug-likeness (QED) is 0.163. The molecule has 1 saturated heterocycles. The molecule has 4 rings (SSSR count). The van der Waals surface area contributed by atoms with Crippen LogP contribution in [0.3, 0.4) is 0 Å². The first-order valence-corrected chi connectivity index (χ1v) is 16.8. The van der Waals surface area contributed by atoms with E-state index < -0.39 is 54.3 Å². The molecule has 2 N–H and O–H groups in total. The van der Waals surface area contributed by atoms with E-state index in [0.29, 0.717) is 31.1 Å². The van der Waals surface area contributed by atoms with Crippen molar-refractivity contribution in [1.29, 1.82) is 0 Å². The van der Waals surface area contributed by atoms with Gasteiger partial charge < -0.3 is 15.5 Å². The minimum atomic E-state index is -1.73. The molecule has 12 heteroatoms. The van der Waals surface area contributed by atoms with Gasteiger partial charge in [0.05, 0.1) is 16.6 Å². The van der Waals surface area contributed by atoms with E-state index in [2.05, 4.69) is 10.6 Å². The van der Waals surface area contributed by atoms with Gasteiger partial charge in [-0.25, -0.2) is 9.69 Å². The molecule has 234 valence electrons. The van der Waals surface area contributed by atoms with Crippen molar-refractivity contribution in [3.8, 4) is 0 Å². The fourth-order valence-electron chi connectivity index (χ4n) is 5.34. The second kappa shape index (κ2) is 13.2. The van der Waals surface area contributed by atoms with Crippen LogP contribution in [0.2, 0.25) is 5.02 Å². The number of nitrogens with zero attached hydrogens (tertiary/aromatic N) is 2. The third-order valence-electron chi connectivity index (χ3n) is 8.48. The number of hydrogen-bond acceptors (Lipinski definition) is 6. The maximum Gasteiger partial charge on any atom is 0.339 e. The van der Waals surface area contributed by atoms with Crippen LogP contribution < -0.4 is 10.6 Å². The maximum absolute atomic E-state index is 14.2. The molecule has 3 atom stereocenters. The topological polar surface area (TPSA) is 133 Å². The van der Waals surface area contributed by atoms with Gasteiger partial charge >= 0.3 is 13.8 Å². The van der Waals surface area contributed by atoms with Crippen molar-refractivity contribution in [2.45, 2.75) is 65.0 Å². The number of carbonyl (C=O) groups is 5. The predicted molar refractivity (Wildman–Crippen MR) is 170 cm³/mol. The van der Waals surface area contributed by atoms with Crippen LogP contribution in [0.4, 0.5) is 16.2 Å². The van der Waals surface area contributed by atoms with Crippen LogP contribution in [0.1, 0.15) is 52.5 Å². The Kier molecular flexibility index (Phi) is 9.96. The molecule has 1 aliphatic heterocycles. The van der Waals surface area contributed by atoms with E-state index >= 15 is 0 Å². The number of Topliss-reactive ketones (excluding diaryl/α,β-unsaturated/α-hetero) is 1. The lowest BCUT2D eigenvalue weighted by Gasteiger charge is -2.28. The van der Waals surface area contributed by atoms with E-state index in [0.717, 1.165) is 16.9 Å². The Hall–Kier alpha value is -3.62. The number of amides is 5. The average Bonchev–Trinajstić information content (AvgIpc) is 3.74. The van der Waals surface area contributed by atoms with Crippen molar-refractivity contribution in [1.82, 2.24) is 9.80 Å². The number of ketones is 1. The van der Waals surface area contributed by atoms with Gasteiger partial charge in [0.1, 0.15) is 11.7 Å². The first kappa shape index (κ1) is 33.3. The highest BCUT2D eigenvalue weighted by Gasteiger charge is 2.60. The van der Waals surface area contributed by atoms with Crippen molar-refractivity contribution in [3.05, 3.63) is 59.1 Å². The molecule has 0 radical (unpaired) electrons. The molecule has 44 heavy (non-hydrogen) atoms. The van der Waals surface area contributed by atoms with Gasteiger partial charge in [0.25, 0.3) is 11.8 Å². The van der Waals surface area contributed by atoms with Crippen LogP contribution in [0.5, 0.6) is 0 Å². The lowest BCUT2D eigenvalue weighted by molar-refractivity contribution is -0.144. The van der Waals surface area contributed by atoms with Crippen LogP contribution in [0.15, 0.2) is 48.5 Å². The summed E-state index contributed by atoms with van der Waals surface area (Å²) < 4.78 is 12.2. The standard InChI is InChI=1S/C32H38ClN4O6P/c1-6-16-44(43)19-20(2)27(39)34-22-12-13-23(33)24(17-22)35-28(40)25(37-29(41)31(3,4)36(5)30(37)42)26(38)32(14-15-32)18-21-10-8-7-9-11-21/h7-13,17,20,25H,6,14-16,18-19H2,1-5H3,(H-,34,35,39,40)/p+1. The van der Waals surface area contributed by atoms with Gasteiger partial charge in [-0.05, 0) is 70.2 Å². The van der Waals surface area contributed by atoms with Gasteiger partial charge in [-0.3, -0.25) is 19.2 Å². The third-order valence-corrected chi connectivity index (χ3v) is 10.7. The van der Waals surface area contributed by atoms with Gasteiger partial charge in [0, 0.05) is 18.2 Å². The zero-order chi connectivity index (χ0) is 32.4. The smallest absolute Gasteiger partial charge is 0.326 e. The second-order valence-electron chi connectivity index (χ2n) is 12.2. The summed E-state index contributed by atoms with van der Waals surface area (Å²) in [5.74, 6) is -2.89. The summed E-state index contributed by atoms with van der Waals surface area (Å²) in [6.45, 7) is 6.75. The minimum Gasteiger partial charge on any atom is -0.326 e. The highest BCUT2D eigenvalue weighted by molar-refractivity contribution is 7.44. The number of likely N-dealkylation sites (N-methyl/N-ethyl adjacent to an activating group) is 1. The highest BCUT2D eigenvalue weighted by Crippen LogP contribution is 2.51. The largest absolute Gasteiger partial charge is 0.339 e. The minimum absolute atomic E-state index is 0.0941. The molecule has 1 aliphatic carbocycles. The zero-order valence-electron chi connectivity index (χ0n) is 25.7. The van der Waals surface area contributed by atoms with E-state index in [1.165, 1.54) is 24.1 Å². The molecule has 1 heterocycles. The first-order chi connectivity index (χ1) is 20.7. The molecular formula is C32H39ClN4O6P+. The molecule has 0 spiro atoms. The lowest BCUT2D eigenvalue weighted by Crippen LogP contribution is -2.55. The van der Waals surface area contributed by atoms with Crippen molar-refractivity contribution in [2.75, 3.05) is 30.0 Å². The third kappa shape index (κ3) is 6.87. The van der Waals surface area contributed by atoms with Crippen LogP contribution in [0, 0.1) is 11.3 Å². The number of urea groups is 1. The highest BCUT2D eigenvalue weighted by atomic mass is 35.5. The van der Waals surface area contributed by atoms with E-state index in [4.69, 9.17) is 11.6 Å². The van der Waals surface area contributed by atoms with E-state index in [9.17, 15) is 28.5 Å². The summed E-state index contributed by atoms with van der Waals surface area (Å²) in [4.78, 5) is 69.9. The monoisotopic (exact) mass is 641 g/mol. The van der Waals surface area contributed by atoms with Gasteiger partial charge in [0.2, 0.25) is 5.91 Å². The summed E-state index contributed by atoms with van der Waals surface area (Å²) in [5, 5.41) is 5.54. The Morgan fingerprint density at radius 1 is 1.02 bits per heavy atom. The Bertz CT molecular complexity index is 1490. The molecule has 2 aliphatic rings. The van der Waals surface area contributed by atoms with Crippen molar-refractivity contribution < 1.29 is 28.5 Å².